The number of aliphatic imine (C=N–C) groups is 2. The van der Waals surface area contributed by atoms with E-state index in [0.717, 1.165) is 0 Å². The van der Waals surface area contributed by atoms with E-state index >= 15 is 0 Å². The number of nitrogens with zero attached hydrogens (tertiary/aromatic N) is 2. The lowest BCUT2D eigenvalue weighted by Gasteiger charge is -2.10. The highest BCUT2D eigenvalue weighted by Gasteiger charge is 2.25. The van der Waals surface area contributed by atoms with E-state index < -0.39 is 5.66 Å². The van der Waals surface area contributed by atoms with Crippen LogP contribution in [0.1, 0.15) is 6.42 Å². The molecule has 0 aromatic carbocycles. The SMILES string of the molecule is [CH2]CC1(C=O)N=CC=N1. The quantitative estimate of drug-likeness (QED) is 0.485. The predicted molar refractivity (Wildman–Crippen MR) is 35.8 cm³/mol. The van der Waals surface area contributed by atoms with Gasteiger partial charge in [0.05, 0.1) is 0 Å². The third-order valence-electron chi connectivity index (χ3n) is 1.22. The number of hydrogen-bond acceptors (Lipinski definition) is 3. The monoisotopic (exact) mass is 123 g/mol. The fraction of sp³-hybridized carbons (Fsp3) is 0.333. The van der Waals surface area contributed by atoms with Gasteiger partial charge in [-0.1, -0.05) is 0 Å². The van der Waals surface area contributed by atoms with Gasteiger partial charge in [0.1, 0.15) is 0 Å². The Labute approximate surface area is 53.5 Å². The van der Waals surface area contributed by atoms with Gasteiger partial charge < -0.3 is 0 Å². The molecule has 3 heteroatoms. The predicted octanol–water partition coefficient (Wildman–Crippen LogP) is 0.261. The van der Waals surface area contributed by atoms with Crippen LogP contribution in [0, 0.1) is 6.92 Å². The molecule has 0 N–H and O–H groups in total. The van der Waals surface area contributed by atoms with Crippen molar-refractivity contribution in [1.82, 2.24) is 0 Å². The van der Waals surface area contributed by atoms with Gasteiger partial charge >= 0.3 is 0 Å². The van der Waals surface area contributed by atoms with Gasteiger partial charge in [0.2, 0.25) is 5.66 Å². The molecule has 0 fully saturated rings. The molecule has 0 bridgehead atoms. The summed E-state index contributed by atoms with van der Waals surface area (Å²) in [4.78, 5) is 17.9. The van der Waals surface area contributed by atoms with Gasteiger partial charge in [-0.25, -0.2) is 0 Å². The van der Waals surface area contributed by atoms with E-state index in [-0.39, 0.29) is 0 Å². The van der Waals surface area contributed by atoms with Crippen molar-refractivity contribution in [1.29, 1.82) is 0 Å². The molecule has 0 aromatic rings. The highest BCUT2D eigenvalue weighted by atomic mass is 16.1. The molecule has 0 amide bonds. The van der Waals surface area contributed by atoms with E-state index in [0.29, 0.717) is 12.7 Å². The zero-order valence-corrected chi connectivity index (χ0v) is 4.95. The molecule has 1 rings (SSSR count). The van der Waals surface area contributed by atoms with Gasteiger partial charge in [0.25, 0.3) is 0 Å². The average Bonchev–Trinajstić information content (AvgIpc) is 2.36. The van der Waals surface area contributed by atoms with Crippen LogP contribution < -0.4 is 0 Å². The number of rotatable bonds is 2. The van der Waals surface area contributed by atoms with Gasteiger partial charge in [-0.3, -0.25) is 14.8 Å². The maximum absolute atomic E-state index is 10.3. The normalized spacial score (nSPS) is 20.6. The summed E-state index contributed by atoms with van der Waals surface area (Å²) in [5, 5.41) is 0. The van der Waals surface area contributed by atoms with E-state index in [1.807, 2.05) is 0 Å². The van der Waals surface area contributed by atoms with Gasteiger partial charge in [0.15, 0.2) is 6.29 Å². The van der Waals surface area contributed by atoms with Crippen molar-refractivity contribution in [3.05, 3.63) is 6.92 Å². The lowest BCUT2D eigenvalue weighted by atomic mass is 10.2. The smallest absolute Gasteiger partial charge is 0.205 e. The summed E-state index contributed by atoms with van der Waals surface area (Å²) in [5.74, 6) is 0. The molecule has 1 heterocycles. The van der Waals surface area contributed by atoms with Crippen LogP contribution >= 0.6 is 0 Å². The van der Waals surface area contributed by atoms with E-state index in [9.17, 15) is 4.79 Å². The second-order valence-electron chi connectivity index (χ2n) is 1.80. The summed E-state index contributed by atoms with van der Waals surface area (Å²) < 4.78 is 0. The Balaban J connectivity index is 2.81. The molecule has 0 spiro atoms. The maximum Gasteiger partial charge on any atom is 0.205 e. The minimum atomic E-state index is -0.875. The molecule has 1 aliphatic heterocycles. The van der Waals surface area contributed by atoms with Crippen molar-refractivity contribution in [3.63, 3.8) is 0 Å². The molecule has 0 saturated carbocycles. The molecule has 0 atom stereocenters. The Hall–Kier alpha value is -0.990. The molecular formula is C6H7N2O. The molecule has 3 nitrogen and oxygen atoms in total. The summed E-state index contributed by atoms with van der Waals surface area (Å²) in [6.45, 7) is 3.55. The second-order valence-corrected chi connectivity index (χ2v) is 1.80. The minimum Gasteiger partial charge on any atom is -0.298 e. The van der Waals surface area contributed by atoms with E-state index in [1.54, 1.807) is 0 Å². The van der Waals surface area contributed by atoms with Crippen LogP contribution in [0.3, 0.4) is 0 Å². The Morgan fingerprint density at radius 3 is 2.33 bits per heavy atom. The van der Waals surface area contributed by atoms with Crippen LogP contribution in [-0.2, 0) is 4.79 Å². The highest BCUT2D eigenvalue weighted by molar-refractivity contribution is 6.18. The van der Waals surface area contributed by atoms with Gasteiger partial charge in [-0.2, -0.15) is 0 Å². The lowest BCUT2D eigenvalue weighted by Crippen LogP contribution is -2.21. The molecule has 0 aliphatic carbocycles. The summed E-state index contributed by atoms with van der Waals surface area (Å²) in [7, 11) is 0. The molecule has 0 unspecified atom stereocenters. The summed E-state index contributed by atoms with van der Waals surface area (Å²) >= 11 is 0. The van der Waals surface area contributed by atoms with Crippen LogP contribution in [0.2, 0.25) is 0 Å². The van der Waals surface area contributed by atoms with E-state index in [2.05, 4.69) is 16.9 Å². The van der Waals surface area contributed by atoms with Crippen LogP contribution in [0.25, 0.3) is 0 Å². The van der Waals surface area contributed by atoms with Crippen molar-refractivity contribution in [2.75, 3.05) is 0 Å². The van der Waals surface area contributed by atoms with Crippen molar-refractivity contribution in [2.45, 2.75) is 12.1 Å². The van der Waals surface area contributed by atoms with Crippen LogP contribution in [0.15, 0.2) is 9.98 Å². The Bertz CT molecular complexity index is 160. The van der Waals surface area contributed by atoms with Crippen LogP contribution in [0.4, 0.5) is 0 Å². The largest absolute Gasteiger partial charge is 0.298 e. The van der Waals surface area contributed by atoms with Gasteiger partial charge in [0, 0.05) is 12.4 Å². The second kappa shape index (κ2) is 2.09. The summed E-state index contributed by atoms with van der Waals surface area (Å²) in [5.41, 5.74) is -0.875. The van der Waals surface area contributed by atoms with Crippen LogP contribution in [0.5, 0.6) is 0 Å². The molecule has 9 heavy (non-hydrogen) atoms. The molecule has 1 radical (unpaired) electrons. The summed E-state index contributed by atoms with van der Waals surface area (Å²) in [6.07, 6.45) is 4.13. The summed E-state index contributed by atoms with van der Waals surface area (Å²) in [6, 6.07) is 0. The molecule has 1 aliphatic rings. The first-order chi connectivity index (χ1) is 4.33. The number of aldehydes is 1. The number of carbonyl (C=O) groups excluding carboxylic acids is 1. The first-order valence-corrected chi connectivity index (χ1v) is 2.67. The first kappa shape index (κ1) is 6.13. The average molecular weight is 123 g/mol. The zero-order valence-electron chi connectivity index (χ0n) is 4.95. The third kappa shape index (κ3) is 0.896. The molecule has 47 valence electrons. The van der Waals surface area contributed by atoms with Crippen molar-refractivity contribution in [2.24, 2.45) is 9.98 Å². The van der Waals surface area contributed by atoms with Crippen molar-refractivity contribution < 1.29 is 4.79 Å². The Kier molecular flexibility index (Phi) is 1.42. The number of hydrogen-bond donors (Lipinski definition) is 0. The third-order valence-corrected chi connectivity index (χ3v) is 1.22. The van der Waals surface area contributed by atoms with E-state index in [4.69, 9.17) is 0 Å². The molecule has 0 saturated heterocycles. The van der Waals surface area contributed by atoms with Gasteiger partial charge in [-0.05, 0) is 13.3 Å². The Morgan fingerprint density at radius 1 is 1.56 bits per heavy atom. The van der Waals surface area contributed by atoms with E-state index in [1.165, 1.54) is 12.4 Å². The standard InChI is InChI=1S/C6H7N2O/c1-2-6(5-9)7-3-4-8-6/h3-5H,1-2H2. The maximum atomic E-state index is 10.3. The highest BCUT2D eigenvalue weighted by Crippen LogP contribution is 2.15. The Morgan fingerprint density at radius 2 is 2.11 bits per heavy atom. The fourth-order valence-electron chi connectivity index (χ4n) is 0.607. The van der Waals surface area contributed by atoms with Crippen molar-refractivity contribution >= 4 is 18.7 Å². The zero-order chi connectivity index (χ0) is 6.74. The molecular weight excluding hydrogens is 116 g/mol. The number of carbonyl (C=O) groups is 1. The topological polar surface area (TPSA) is 41.8 Å². The lowest BCUT2D eigenvalue weighted by molar-refractivity contribution is -0.111. The first-order valence-electron chi connectivity index (χ1n) is 2.67. The minimum absolute atomic E-state index is 0.392. The van der Waals surface area contributed by atoms with Gasteiger partial charge in [-0.15, -0.1) is 0 Å². The van der Waals surface area contributed by atoms with Crippen molar-refractivity contribution in [3.8, 4) is 0 Å². The molecule has 0 aromatic heterocycles. The van der Waals surface area contributed by atoms with Crippen LogP contribution in [-0.4, -0.2) is 24.4 Å². The fourth-order valence-corrected chi connectivity index (χ4v) is 0.607.